The van der Waals surface area contributed by atoms with Gasteiger partial charge in [0.1, 0.15) is 0 Å². The van der Waals surface area contributed by atoms with Crippen LogP contribution in [-0.2, 0) is 0 Å². The Labute approximate surface area is 110 Å². The summed E-state index contributed by atoms with van der Waals surface area (Å²) in [6.07, 6.45) is 0. The van der Waals surface area contributed by atoms with Crippen LogP contribution in [0.15, 0.2) is 24.3 Å². The first kappa shape index (κ1) is 13.4. The first-order valence-electron chi connectivity index (χ1n) is 6.83. The molecule has 1 aromatic rings. The standard InChI is InChI=1S/C15H24N2O/c1-11(2)13-4-6-14(7-5-13)17-12(3)8-16-9-15(17)10-18/h4-7,11-12,15-16,18H,8-10H2,1-3H3. The minimum Gasteiger partial charge on any atom is -0.394 e. The molecule has 1 aliphatic heterocycles. The molecule has 2 atom stereocenters. The predicted octanol–water partition coefficient (Wildman–Crippen LogP) is 1.97. The van der Waals surface area contributed by atoms with Gasteiger partial charge in [0, 0.05) is 24.8 Å². The third-order valence-corrected chi connectivity index (χ3v) is 3.76. The fraction of sp³-hybridized carbons (Fsp3) is 0.600. The van der Waals surface area contributed by atoms with Crippen molar-refractivity contribution in [2.75, 3.05) is 24.6 Å². The van der Waals surface area contributed by atoms with Crippen LogP contribution in [-0.4, -0.2) is 36.9 Å². The molecule has 1 heterocycles. The highest BCUT2D eigenvalue weighted by Gasteiger charge is 2.27. The molecule has 0 bridgehead atoms. The predicted molar refractivity (Wildman–Crippen MR) is 76.2 cm³/mol. The van der Waals surface area contributed by atoms with Gasteiger partial charge in [0.15, 0.2) is 0 Å². The summed E-state index contributed by atoms with van der Waals surface area (Å²) in [4.78, 5) is 2.33. The van der Waals surface area contributed by atoms with Gasteiger partial charge in [-0.2, -0.15) is 0 Å². The number of anilines is 1. The number of aliphatic hydroxyl groups excluding tert-OH is 1. The molecular formula is C15H24N2O. The third-order valence-electron chi connectivity index (χ3n) is 3.76. The average molecular weight is 248 g/mol. The number of aliphatic hydroxyl groups is 1. The molecule has 1 saturated heterocycles. The van der Waals surface area contributed by atoms with E-state index in [2.05, 4.69) is 55.3 Å². The molecule has 0 spiro atoms. The molecule has 0 aliphatic carbocycles. The fourth-order valence-electron chi connectivity index (χ4n) is 2.66. The largest absolute Gasteiger partial charge is 0.394 e. The Morgan fingerprint density at radius 2 is 1.94 bits per heavy atom. The zero-order valence-electron chi connectivity index (χ0n) is 11.6. The van der Waals surface area contributed by atoms with Gasteiger partial charge in [-0.15, -0.1) is 0 Å². The topological polar surface area (TPSA) is 35.5 Å². The SMILES string of the molecule is CC(C)c1ccc(N2C(C)CNCC2CO)cc1. The molecular weight excluding hydrogens is 224 g/mol. The average Bonchev–Trinajstić information content (AvgIpc) is 2.38. The van der Waals surface area contributed by atoms with Gasteiger partial charge in [-0.3, -0.25) is 0 Å². The maximum atomic E-state index is 9.50. The summed E-state index contributed by atoms with van der Waals surface area (Å²) < 4.78 is 0. The van der Waals surface area contributed by atoms with E-state index in [1.54, 1.807) is 0 Å². The lowest BCUT2D eigenvalue weighted by Gasteiger charge is -2.42. The van der Waals surface area contributed by atoms with Crippen molar-refractivity contribution in [2.45, 2.75) is 38.8 Å². The minimum atomic E-state index is 0.179. The molecule has 18 heavy (non-hydrogen) atoms. The van der Waals surface area contributed by atoms with E-state index in [-0.39, 0.29) is 12.6 Å². The molecule has 1 fully saturated rings. The van der Waals surface area contributed by atoms with Gasteiger partial charge in [0.25, 0.3) is 0 Å². The number of piperazine rings is 1. The molecule has 2 rings (SSSR count). The summed E-state index contributed by atoms with van der Waals surface area (Å²) in [5.41, 5.74) is 2.58. The molecule has 1 aromatic carbocycles. The van der Waals surface area contributed by atoms with Crippen LogP contribution in [0.25, 0.3) is 0 Å². The number of rotatable bonds is 3. The molecule has 0 saturated carbocycles. The van der Waals surface area contributed by atoms with E-state index in [0.717, 1.165) is 13.1 Å². The Kier molecular flexibility index (Phi) is 4.25. The second kappa shape index (κ2) is 5.72. The first-order chi connectivity index (χ1) is 8.63. The summed E-state index contributed by atoms with van der Waals surface area (Å²) in [5.74, 6) is 0.563. The number of benzene rings is 1. The summed E-state index contributed by atoms with van der Waals surface area (Å²) in [7, 11) is 0. The zero-order valence-corrected chi connectivity index (χ0v) is 11.6. The molecule has 0 radical (unpaired) electrons. The van der Waals surface area contributed by atoms with E-state index in [4.69, 9.17) is 0 Å². The molecule has 2 N–H and O–H groups in total. The fourth-order valence-corrected chi connectivity index (χ4v) is 2.66. The van der Waals surface area contributed by atoms with Gasteiger partial charge < -0.3 is 15.3 Å². The van der Waals surface area contributed by atoms with Gasteiger partial charge in [-0.05, 0) is 30.5 Å². The maximum Gasteiger partial charge on any atom is 0.0649 e. The molecule has 3 nitrogen and oxygen atoms in total. The van der Waals surface area contributed by atoms with Crippen molar-refractivity contribution in [3.63, 3.8) is 0 Å². The summed E-state index contributed by atoms with van der Waals surface area (Å²) in [6, 6.07) is 9.35. The van der Waals surface area contributed by atoms with Crippen molar-refractivity contribution in [3.05, 3.63) is 29.8 Å². The van der Waals surface area contributed by atoms with Crippen LogP contribution in [0.1, 0.15) is 32.3 Å². The van der Waals surface area contributed by atoms with Gasteiger partial charge in [0.05, 0.1) is 12.6 Å². The number of nitrogens with one attached hydrogen (secondary N) is 1. The van der Waals surface area contributed by atoms with Gasteiger partial charge in [0.2, 0.25) is 0 Å². The van der Waals surface area contributed by atoms with Crippen LogP contribution < -0.4 is 10.2 Å². The lowest BCUT2D eigenvalue weighted by molar-refractivity contribution is 0.235. The Hall–Kier alpha value is -1.06. The van der Waals surface area contributed by atoms with Crippen LogP contribution >= 0.6 is 0 Å². The third kappa shape index (κ3) is 2.68. The van der Waals surface area contributed by atoms with Gasteiger partial charge >= 0.3 is 0 Å². The lowest BCUT2D eigenvalue weighted by Crippen LogP contribution is -2.58. The number of nitrogens with zero attached hydrogens (tertiary/aromatic N) is 1. The molecule has 0 aromatic heterocycles. The highest BCUT2D eigenvalue weighted by molar-refractivity contribution is 5.50. The first-order valence-corrected chi connectivity index (χ1v) is 6.83. The van der Waals surface area contributed by atoms with E-state index in [1.807, 2.05) is 0 Å². The van der Waals surface area contributed by atoms with E-state index in [1.165, 1.54) is 11.3 Å². The highest BCUT2D eigenvalue weighted by Crippen LogP contribution is 2.24. The van der Waals surface area contributed by atoms with E-state index < -0.39 is 0 Å². The van der Waals surface area contributed by atoms with E-state index in [0.29, 0.717) is 12.0 Å². The summed E-state index contributed by atoms with van der Waals surface area (Å²) >= 11 is 0. The van der Waals surface area contributed by atoms with Crippen molar-refractivity contribution in [1.29, 1.82) is 0 Å². The molecule has 100 valence electrons. The number of hydrogen-bond acceptors (Lipinski definition) is 3. The van der Waals surface area contributed by atoms with Crippen molar-refractivity contribution in [3.8, 4) is 0 Å². The van der Waals surface area contributed by atoms with Crippen molar-refractivity contribution in [2.24, 2.45) is 0 Å². The lowest BCUT2D eigenvalue weighted by atomic mass is 10.0. The van der Waals surface area contributed by atoms with E-state index in [9.17, 15) is 5.11 Å². The van der Waals surface area contributed by atoms with Crippen LogP contribution in [0, 0.1) is 0 Å². The highest BCUT2D eigenvalue weighted by atomic mass is 16.3. The van der Waals surface area contributed by atoms with Crippen molar-refractivity contribution >= 4 is 5.69 Å². The Bertz CT molecular complexity index is 375. The van der Waals surface area contributed by atoms with Gasteiger partial charge in [-0.25, -0.2) is 0 Å². The van der Waals surface area contributed by atoms with Crippen LogP contribution in [0.3, 0.4) is 0 Å². The Morgan fingerprint density at radius 3 is 2.50 bits per heavy atom. The summed E-state index contributed by atoms with van der Waals surface area (Å²) in [6.45, 7) is 8.64. The quantitative estimate of drug-likeness (QED) is 0.858. The second-order valence-corrected chi connectivity index (χ2v) is 5.50. The summed E-state index contributed by atoms with van der Waals surface area (Å²) in [5, 5.41) is 12.9. The van der Waals surface area contributed by atoms with Crippen LogP contribution in [0.2, 0.25) is 0 Å². The zero-order chi connectivity index (χ0) is 13.1. The molecule has 1 aliphatic rings. The Balaban J connectivity index is 2.22. The Morgan fingerprint density at radius 1 is 1.28 bits per heavy atom. The minimum absolute atomic E-state index is 0.179. The second-order valence-electron chi connectivity index (χ2n) is 5.50. The normalized spacial score (nSPS) is 24.6. The molecule has 2 unspecified atom stereocenters. The van der Waals surface area contributed by atoms with Gasteiger partial charge in [-0.1, -0.05) is 26.0 Å². The monoisotopic (exact) mass is 248 g/mol. The van der Waals surface area contributed by atoms with Crippen molar-refractivity contribution in [1.82, 2.24) is 5.32 Å². The smallest absolute Gasteiger partial charge is 0.0649 e. The van der Waals surface area contributed by atoms with Crippen LogP contribution in [0.4, 0.5) is 5.69 Å². The molecule has 0 amide bonds. The van der Waals surface area contributed by atoms with E-state index >= 15 is 0 Å². The molecule has 3 heteroatoms. The number of hydrogen-bond donors (Lipinski definition) is 2. The van der Waals surface area contributed by atoms with Crippen LogP contribution in [0.5, 0.6) is 0 Å². The van der Waals surface area contributed by atoms with Crippen molar-refractivity contribution < 1.29 is 5.11 Å². The maximum absolute atomic E-state index is 9.50.